The Kier molecular flexibility index (Phi) is 7.29. The first kappa shape index (κ1) is 19.6. The highest BCUT2D eigenvalue weighted by atomic mass is 35.5. The molecule has 0 aliphatic carbocycles. The second-order valence-electron chi connectivity index (χ2n) is 5.63. The second-order valence-corrected chi connectivity index (χ2v) is 6.03. The largest absolute Gasteiger partial charge is 0.495 e. The van der Waals surface area contributed by atoms with Crippen molar-refractivity contribution in [1.29, 1.82) is 0 Å². The summed E-state index contributed by atoms with van der Waals surface area (Å²) in [6.45, 7) is 2.05. The van der Waals surface area contributed by atoms with Crippen LogP contribution in [-0.2, 0) is 9.59 Å². The number of amides is 2. The summed E-state index contributed by atoms with van der Waals surface area (Å²) in [4.78, 5) is 23.6. The van der Waals surface area contributed by atoms with Gasteiger partial charge in [-0.1, -0.05) is 18.5 Å². The van der Waals surface area contributed by atoms with Crippen LogP contribution in [0.5, 0.6) is 5.75 Å². The maximum atomic E-state index is 12.0. The third kappa shape index (κ3) is 5.97. The minimum absolute atomic E-state index is 0.0216. The van der Waals surface area contributed by atoms with E-state index in [-0.39, 0.29) is 18.4 Å². The highest BCUT2D eigenvalue weighted by Crippen LogP contribution is 2.27. The van der Waals surface area contributed by atoms with Gasteiger partial charge in [0.15, 0.2) is 0 Å². The molecule has 0 heterocycles. The lowest BCUT2D eigenvalue weighted by molar-refractivity contribution is -0.116. The van der Waals surface area contributed by atoms with E-state index in [9.17, 15) is 9.59 Å². The molecule has 0 saturated carbocycles. The molecule has 0 bridgehead atoms. The molecule has 2 rings (SSSR count). The van der Waals surface area contributed by atoms with Crippen molar-refractivity contribution in [2.75, 3.05) is 29.6 Å². The van der Waals surface area contributed by atoms with Crippen molar-refractivity contribution in [3.05, 3.63) is 47.5 Å². The fraction of sp³-hybridized carbons (Fsp3) is 0.263. The zero-order valence-corrected chi connectivity index (χ0v) is 15.5. The maximum Gasteiger partial charge on any atom is 0.243 e. The third-order valence-electron chi connectivity index (χ3n) is 3.53. The summed E-state index contributed by atoms with van der Waals surface area (Å²) in [7, 11) is 1.54. The van der Waals surface area contributed by atoms with Crippen molar-refractivity contribution >= 4 is 40.5 Å². The Bertz CT molecular complexity index is 763. The number of hydrogen-bond acceptors (Lipinski definition) is 4. The lowest BCUT2D eigenvalue weighted by atomic mass is 10.2. The molecular formula is C19H22ClN3O3. The van der Waals surface area contributed by atoms with Crippen LogP contribution in [0.2, 0.25) is 5.02 Å². The molecule has 0 spiro atoms. The number of rotatable bonds is 8. The smallest absolute Gasteiger partial charge is 0.243 e. The monoisotopic (exact) mass is 375 g/mol. The first-order valence-electron chi connectivity index (χ1n) is 8.29. The summed E-state index contributed by atoms with van der Waals surface area (Å²) in [6.07, 6.45) is 1.28. The average Bonchev–Trinajstić information content (AvgIpc) is 2.62. The van der Waals surface area contributed by atoms with E-state index in [0.717, 1.165) is 12.1 Å². The van der Waals surface area contributed by atoms with Gasteiger partial charge in [0, 0.05) is 23.5 Å². The van der Waals surface area contributed by atoms with Crippen molar-refractivity contribution in [3.8, 4) is 5.75 Å². The summed E-state index contributed by atoms with van der Waals surface area (Å²) in [5.41, 5.74) is 2.07. The van der Waals surface area contributed by atoms with E-state index in [1.165, 1.54) is 0 Å². The number of nitrogens with one attached hydrogen (secondary N) is 3. The minimum atomic E-state index is -0.195. The first-order chi connectivity index (χ1) is 12.5. The van der Waals surface area contributed by atoms with Gasteiger partial charge in [0.2, 0.25) is 11.8 Å². The maximum absolute atomic E-state index is 12.0. The molecular weight excluding hydrogens is 354 g/mol. The Morgan fingerprint density at radius 2 is 1.54 bits per heavy atom. The molecule has 0 aromatic heterocycles. The lowest BCUT2D eigenvalue weighted by Gasteiger charge is -2.10. The summed E-state index contributed by atoms with van der Waals surface area (Å²) < 4.78 is 5.09. The molecule has 0 atom stereocenters. The van der Waals surface area contributed by atoms with Gasteiger partial charge < -0.3 is 20.7 Å². The van der Waals surface area contributed by atoms with Crippen molar-refractivity contribution in [2.45, 2.75) is 19.8 Å². The first-order valence-corrected chi connectivity index (χ1v) is 8.66. The van der Waals surface area contributed by atoms with Crippen molar-refractivity contribution in [3.63, 3.8) is 0 Å². The Hall–Kier alpha value is -2.73. The molecule has 0 unspecified atom stereocenters. The Morgan fingerprint density at radius 1 is 0.962 bits per heavy atom. The molecule has 0 fully saturated rings. The second kappa shape index (κ2) is 9.68. The summed E-state index contributed by atoms with van der Waals surface area (Å²) >= 11 is 6.05. The van der Waals surface area contributed by atoms with Gasteiger partial charge in [0.05, 0.1) is 18.7 Å². The van der Waals surface area contributed by atoms with Crippen LogP contribution in [-0.4, -0.2) is 25.5 Å². The van der Waals surface area contributed by atoms with Crippen LogP contribution in [0.4, 0.5) is 17.1 Å². The predicted molar refractivity (Wildman–Crippen MR) is 105 cm³/mol. The van der Waals surface area contributed by atoms with E-state index < -0.39 is 0 Å². The quantitative estimate of drug-likeness (QED) is 0.648. The normalized spacial score (nSPS) is 10.1. The molecule has 6 nitrogen and oxygen atoms in total. The zero-order chi connectivity index (χ0) is 18.9. The van der Waals surface area contributed by atoms with Crippen LogP contribution in [0, 0.1) is 0 Å². The van der Waals surface area contributed by atoms with Crippen molar-refractivity contribution in [1.82, 2.24) is 0 Å². The van der Waals surface area contributed by atoms with E-state index in [2.05, 4.69) is 16.0 Å². The van der Waals surface area contributed by atoms with E-state index in [0.29, 0.717) is 28.6 Å². The third-order valence-corrected chi connectivity index (χ3v) is 3.83. The number of anilines is 3. The van der Waals surface area contributed by atoms with E-state index >= 15 is 0 Å². The van der Waals surface area contributed by atoms with Gasteiger partial charge in [-0.2, -0.15) is 0 Å². The number of hydrogen-bond donors (Lipinski definition) is 3. The summed E-state index contributed by atoms with van der Waals surface area (Å²) in [5.74, 6) is 0.360. The molecule has 2 aromatic carbocycles. The number of halogens is 1. The van der Waals surface area contributed by atoms with Crippen molar-refractivity contribution < 1.29 is 14.3 Å². The van der Waals surface area contributed by atoms with Crippen LogP contribution in [0.25, 0.3) is 0 Å². The number of carbonyl (C=O) groups is 2. The summed E-state index contributed by atoms with van der Waals surface area (Å²) in [6, 6.07) is 12.2. The van der Waals surface area contributed by atoms with E-state index in [4.69, 9.17) is 16.3 Å². The average molecular weight is 376 g/mol. The van der Waals surface area contributed by atoms with Crippen LogP contribution >= 0.6 is 11.6 Å². The molecule has 0 radical (unpaired) electrons. The molecule has 3 N–H and O–H groups in total. The van der Waals surface area contributed by atoms with Crippen molar-refractivity contribution in [2.24, 2.45) is 0 Å². The SMILES string of the molecule is CCCC(=O)Nc1ccc(NC(=O)CNc2ccc(OC)c(Cl)c2)cc1. The fourth-order valence-electron chi connectivity index (χ4n) is 2.25. The van der Waals surface area contributed by atoms with Gasteiger partial charge in [-0.25, -0.2) is 0 Å². The summed E-state index contributed by atoms with van der Waals surface area (Å²) in [5, 5.41) is 9.05. The number of ether oxygens (including phenoxy) is 1. The molecule has 0 aliphatic heterocycles. The predicted octanol–water partition coefficient (Wildman–Crippen LogP) is 4.14. The highest BCUT2D eigenvalue weighted by molar-refractivity contribution is 6.32. The number of carbonyl (C=O) groups excluding carboxylic acids is 2. The molecule has 0 saturated heterocycles. The van der Waals surface area contributed by atoms with Gasteiger partial charge in [0.1, 0.15) is 5.75 Å². The molecule has 26 heavy (non-hydrogen) atoms. The van der Waals surface area contributed by atoms with Crippen LogP contribution in [0.3, 0.4) is 0 Å². The Labute approximate surface area is 157 Å². The standard InChI is InChI=1S/C19H22ClN3O3/c1-3-4-18(24)22-13-5-7-14(8-6-13)23-19(25)12-21-15-9-10-17(26-2)16(20)11-15/h5-11,21H,3-4,12H2,1-2H3,(H,22,24)(H,23,25). The van der Waals surface area contributed by atoms with Gasteiger partial charge in [-0.3, -0.25) is 9.59 Å². The number of benzene rings is 2. The van der Waals surface area contributed by atoms with Gasteiger partial charge in [0.25, 0.3) is 0 Å². The molecule has 138 valence electrons. The fourth-order valence-corrected chi connectivity index (χ4v) is 2.51. The van der Waals surface area contributed by atoms with Gasteiger partial charge in [-0.05, 0) is 48.9 Å². The van der Waals surface area contributed by atoms with Gasteiger partial charge in [-0.15, -0.1) is 0 Å². The molecule has 2 amide bonds. The minimum Gasteiger partial charge on any atom is -0.495 e. The Balaban J connectivity index is 1.84. The molecule has 0 aliphatic rings. The van der Waals surface area contributed by atoms with Crippen LogP contribution in [0.1, 0.15) is 19.8 Å². The van der Waals surface area contributed by atoms with E-state index in [1.54, 1.807) is 49.6 Å². The molecule has 2 aromatic rings. The van der Waals surface area contributed by atoms with E-state index in [1.807, 2.05) is 6.92 Å². The zero-order valence-electron chi connectivity index (χ0n) is 14.8. The van der Waals surface area contributed by atoms with Crippen LogP contribution in [0.15, 0.2) is 42.5 Å². The highest BCUT2D eigenvalue weighted by Gasteiger charge is 2.06. The molecule has 7 heteroatoms. The Morgan fingerprint density at radius 3 is 2.08 bits per heavy atom. The van der Waals surface area contributed by atoms with Gasteiger partial charge >= 0.3 is 0 Å². The topological polar surface area (TPSA) is 79.5 Å². The number of methoxy groups -OCH3 is 1. The lowest BCUT2D eigenvalue weighted by Crippen LogP contribution is -2.21. The van der Waals surface area contributed by atoms with Crippen LogP contribution < -0.4 is 20.7 Å².